The van der Waals surface area contributed by atoms with Crippen molar-refractivity contribution < 1.29 is 4.79 Å². The third-order valence-corrected chi connectivity index (χ3v) is 2.77. The van der Waals surface area contributed by atoms with Crippen LogP contribution in [0.5, 0.6) is 0 Å². The number of hydrogen-bond acceptors (Lipinski definition) is 3. The maximum Gasteiger partial charge on any atom is 0.251 e. The van der Waals surface area contributed by atoms with E-state index in [9.17, 15) is 4.79 Å². The van der Waals surface area contributed by atoms with Crippen molar-refractivity contribution in [2.24, 2.45) is 0 Å². The second-order valence-corrected chi connectivity index (χ2v) is 4.69. The van der Waals surface area contributed by atoms with E-state index in [0.717, 1.165) is 31.4 Å². The molecule has 3 N–H and O–H groups in total. The highest BCUT2D eigenvalue weighted by atomic mass is 16.1. The molecule has 4 heteroatoms. The van der Waals surface area contributed by atoms with Crippen molar-refractivity contribution in [1.82, 2.24) is 10.3 Å². The molecule has 0 bridgehead atoms. The smallest absolute Gasteiger partial charge is 0.251 e. The number of hydrogen-bond donors (Lipinski definition) is 2. The second-order valence-electron chi connectivity index (χ2n) is 4.69. The number of carbonyl (C=O) groups is 1. The molecule has 0 aliphatic heterocycles. The summed E-state index contributed by atoms with van der Waals surface area (Å²) < 4.78 is 0. The summed E-state index contributed by atoms with van der Waals surface area (Å²) in [6.07, 6.45) is 3.87. The lowest BCUT2D eigenvalue weighted by Crippen LogP contribution is -2.32. The summed E-state index contributed by atoms with van der Waals surface area (Å²) >= 11 is 0. The highest BCUT2D eigenvalue weighted by Crippen LogP contribution is 2.10. The van der Waals surface area contributed by atoms with Crippen molar-refractivity contribution in [3.8, 4) is 0 Å². The number of rotatable bonds is 6. The van der Waals surface area contributed by atoms with Crippen molar-refractivity contribution in [2.75, 3.05) is 5.73 Å². The number of nitrogens with one attached hydrogen (secondary N) is 1. The molecule has 0 saturated carbocycles. The Bertz CT molecular complexity index is 404. The van der Waals surface area contributed by atoms with Crippen LogP contribution in [0.15, 0.2) is 12.1 Å². The van der Waals surface area contributed by atoms with E-state index < -0.39 is 0 Å². The van der Waals surface area contributed by atoms with Crippen LogP contribution in [0, 0.1) is 0 Å². The van der Waals surface area contributed by atoms with E-state index in [2.05, 4.69) is 24.1 Å². The Hall–Kier alpha value is -1.58. The topological polar surface area (TPSA) is 68.0 Å². The van der Waals surface area contributed by atoms with Crippen molar-refractivity contribution in [2.45, 2.75) is 52.5 Å². The van der Waals surface area contributed by atoms with E-state index >= 15 is 0 Å². The van der Waals surface area contributed by atoms with Crippen molar-refractivity contribution in [3.05, 3.63) is 23.4 Å². The van der Waals surface area contributed by atoms with Gasteiger partial charge in [0.1, 0.15) is 5.82 Å². The zero-order valence-electron chi connectivity index (χ0n) is 11.5. The van der Waals surface area contributed by atoms with Crippen molar-refractivity contribution >= 4 is 11.7 Å². The largest absolute Gasteiger partial charge is 0.384 e. The minimum absolute atomic E-state index is 0.0672. The van der Waals surface area contributed by atoms with Crippen LogP contribution in [0.4, 0.5) is 5.82 Å². The van der Waals surface area contributed by atoms with Crippen molar-refractivity contribution in [3.63, 3.8) is 0 Å². The van der Waals surface area contributed by atoms with Crippen LogP contribution in [-0.2, 0) is 6.42 Å². The van der Waals surface area contributed by atoms with E-state index in [1.54, 1.807) is 6.07 Å². The minimum atomic E-state index is -0.0672. The van der Waals surface area contributed by atoms with Gasteiger partial charge in [-0.3, -0.25) is 4.79 Å². The maximum absolute atomic E-state index is 12.0. The number of nitrogen functional groups attached to an aromatic ring is 1. The normalized spacial score (nSPS) is 12.2. The molecule has 0 radical (unpaired) electrons. The van der Waals surface area contributed by atoms with Gasteiger partial charge in [-0.1, -0.05) is 26.7 Å². The van der Waals surface area contributed by atoms with Crippen molar-refractivity contribution in [1.29, 1.82) is 0 Å². The van der Waals surface area contributed by atoms with Crippen LogP contribution in [-0.4, -0.2) is 16.9 Å². The quantitative estimate of drug-likeness (QED) is 0.814. The summed E-state index contributed by atoms with van der Waals surface area (Å²) in [5, 5.41) is 2.97. The molecule has 0 aromatic carbocycles. The first-order chi connectivity index (χ1) is 8.56. The summed E-state index contributed by atoms with van der Waals surface area (Å²) in [6, 6.07) is 3.65. The molecule has 1 heterocycles. The van der Waals surface area contributed by atoms with Gasteiger partial charge in [-0.05, 0) is 31.9 Å². The van der Waals surface area contributed by atoms with Gasteiger partial charge in [0.05, 0.1) is 0 Å². The summed E-state index contributed by atoms with van der Waals surface area (Å²) in [5.41, 5.74) is 7.21. The standard InChI is InChI=1S/C14H23N3O/c1-4-6-10(3)16-14(18)11-8-12(7-5-2)17-13(15)9-11/h8-10H,4-7H2,1-3H3,(H2,15,17)(H,16,18). The summed E-state index contributed by atoms with van der Waals surface area (Å²) in [4.78, 5) is 16.3. The molecule has 1 aromatic heterocycles. The van der Waals surface area contributed by atoms with Crippen LogP contribution in [0.25, 0.3) is 0 Å². The monoisotopic (exact) mass is 249 g/mol. The fourth-order valence-corrected chi connectivity index (χ4v) is 1.94. The van der Waals surface area contributed by atoms with Gasteiger partial charge in [-0.25, -0.2) is 4.98 Å². The van der Waals surface area contributed by atoms with Gasteiger partial charge in [0, 0.05) is 17.3 Å². The SMILES string of the molecule is CCCc1cc(C(=O)NC(C)CCC)cc(N)n1. The molecule has 18 heavy (non-hydrogen) atoms. The Kier molecular flexibility index (Phi) is 5.62. The lowest BCUT2D eigenvalue weighted by molar-refractivity contribution is 0.0938. The Morgan fingerprint density at radius 3 is 2.72 bits per heavy atom. The van der Waals surface area contributed by atoms with Crippen LogP contribution >= 0.6 is 0 Å². The van der Waals surface area contributed by atoms with E-state index in [4.69, 9.17) is 5.73 Å². The first-order valence-electron chi connectivity index (χ1n) is 6.64. The van der Waals surface area contributed by atoms with Gasteiger partial charge < -0.3 is 11.1 Å². The average Bonchev–Trinajstić information content (AvgIpc) is 2.28. The number of pyridine rings is 1. The van der Waals surface area contributed by atoms with Crippen LogP contribution in [0.3, 0.4) is 0 Å². The predicted molar refractivity (Wildman–Crippen MR) is 74.5 cm³/mol. The van der Waals surface area contributed by atoms with Gasteiger partial charge in [0.25, 0.3) is 5.91 Å². The Morgan fingerprint density at radius 2 is 2.11 bits per heavy atom. The highest BCUT2D eigenvalue weighted by Gasteiger charge is 2.11. The molecule has 0 saturated heterocycles. The van der Waals surface area contributed by atoms with Gasteiger partial charge in [0.15, 0.2) is 0 Å². The first-order valence-corrected chi connectivity index (χ1v) is 6.64. The molecule has 0 fully saturated rings. The first kappa shape index (κ1) is 14.5. The number of aromatic nitrogens is 1. The Balaban J connectivity index is 2.78. The highest BCUT2D eigenvalue weighted by molar-refractivity contribution is 5.95. The lowest BCUT2D eigenvalue weighted by atomic mass is 10.1. The average molecular weight is 249 g/mol. The molecule has 100 valence electrons. The number of nitrogens with zero attached hydrogens (tertiary/aromatic N) is 1. The van der Waals surface area contributed by atoms with Crippen LogP contribution < -0.4 is 11.1 Å². The van der Waals surface area contributed by atoms with E-state index in [-0.39, 0.29) is 11.9 Å². The number of aryl methyl sites for hydroxylation is 1. The zero-order valence-corrected chi connectivity index (χ0v) is 11.5. The molecule has 4 nitrogen and oxygen atoms in total. The molecule has 0 aliphatic rings. The molecular formula is C14H23N3O. The van der Waals surface area contributed by atoms with Gasteiger partial charge >= 0.3 is 0 Å². The number of amides is 1. The molecule has 0 spiro atoms. The molecule has 1 atom stereocenters. The molecule has 1 amide bonds. The number of nitrogens with two attached hydrogens (primary N) is 1. The van der Waals surface area contributed by atoms with Crippen LogP contribution in [0.2, 0.25) is 0 Å². The third kappa shape index (κ3) is 4.35. The molecular weight excluding hydrogens is 226 g/mol. The fourth-order valence-electron chi connectivity index (χ4n) is 1.94. The van der Waals surface area contributed by atoms with E-state index in [0.29, 0.717) is 11.4 Å². The summed E-state index contributed by atoms with van der Waals surface area (Å²) in [7, 11) is 0. The van der Waals surface area contributed by atoms with Gasteiger partial charge in [-0.15, -0.1) is 0 Å². The van der Waals surface area contributed by atoms with Crippen LogP contribution in [0.1, 0.15) is 56.1 Å². The predicted octanol–water partition coefficient (Wildman–Crippen LogP) is 2.53. The van der Waals surface area contributed by atoms with E-state index in [1.165, 1.54) is 0 Å². The number of anilines is 1. The summed E-state index contributed by atoms with van der Waals surface area (Å²) in [6.45, 7) is 6.19. The Labute approximate surface area is 109 Å². The second kappa shape index (κ2) is 6.99. The molecule has 1 rings (SSSR count). The number of carbonyl (C=O) groups excluding carboxylic acids is 1. The molecule has 1 aromatic rings. The third-order valence-electron chi connectivity index (χ3n) is 2.77. The zero-order chi connectivity index (χ0) is 13.5. The Morgan fingerprint density at radius 1 is 1.39 bits per heavy atom. The molecule has 0 aliphatic carbocycles. The van der Waals surface area contributed by atoms with Gasteiger partial charge in [-0.2, -0.15) is 0 Å². The molecule has 1 unspecified atom stereocenters. The van der Waals surface area contributed by atoms with E-state index in [1.807, 2.05) is 13.0 Å². The fraction of sp³-hybridized carbons (Fsp3) is 0.571. The van der Waals surface area contributed by atoms with Gasteiger partial charge in [0.2, 0.25) is 0 Å². The maximum atomic E-state index is 12.0. The summed E-state index contributed by atoms with van der Waals surface area (Å²) in [5.74, 6) is 0.344. The lowest BCUT2D eigenvalue weighted by Gasteiger charge is -2.13. The minimum Gasteiger partial charge on any atom is -0.384 e.